The highest BCUT2D eigenvalue weighted by atomic mass is 16.1. The van der Waals surface area contributed by atoms with Crippen LogP contribution >= 0.6 is 0 Å². The van der Waals surface area contributed by atoms with Crippen LogP contribution in [0, 0.1) is 0 Å². The molecule has 6 nitrogen and oxygen atoms in total. The summed E-state index contributed by atoms with van der Waals surface area (Å²) in [6.07, 6.45) is 2.66. The number of amides is 1. The lowest BCUT2D eigenvalue weighted by Gasteiger charge is -2.07. The Bertz CT molecular complexity index is 578. The third-order valence-corrected chi connectivity index (χ3v) is 2.83. The van der Waals surface area contributed by atoms with Gasteiger partial charge in [0, 0.05) is 18.3 Å². The summed E-state index contributed by atoms with van der Waals surface area (Å²) in [4.78, 5) is 11.7. The van der Waals surface area contributed by atoms with E-state index in [0.29, 0.717) is 6.54 Å². The topological polar surface area (TPSA) is 71.8 Å². The number of anilines is 1. The molecule has 0 atom stereocenters. The van der Waals surface area contributed by atoms with Gasteiger partial charge in [-0.3, -0.25) is 4.79 Å². The third kappa shape index (κ3) is 3.64. The molecule has 2 N–H and O–H groups in total. The van der Waals surface area contributed by atoms with Gasteiger partial charge in [0.1, 0.15) is 6.33 Å². The zero-order valence-corrected chi connectivity index (χ0v) is 11.8. The minimum atomic E-state index is -0.0476. The Labute approximate surface area is 118 Å². The van der Waals surface area contributed by atoms with Gasteiger partial charge in [0.05, 0.1) is 6.54 Å². The maximum absolute atomic E-state index is 11.7. The molecule has 0 aliphatic heterocycles. The highest BCUT2D eigenvalue weighted by molar-refractivity contribution is 5.92. The van der Waals surface area contributed by atoms with E-state index in [1.807, 2.05) is 35.9 Å². The van der Waals surface area contributed by atoms with Gasteiger partial charge in [-0.15, -0.1) is 10.2 Å². The first-order valence-electron chi connectivity index (χ1n) is 6.65. The molecule has 0 aliphatic carbocycles. The SMILES string of the molecule is CCCNCC(=O)Nc1cccc(-c2nncn2C)c1. The smallest absolute Gasteiger partial charge is 0.238 e. The van der Waals surface area contributed by atoms with Gasteiger partial charge in [-0.25, -0.2) is 0 Å². The Hall–Kier alpha value is -2.21. The number of nitrogens with zero attached hydrogens (tertiary/aromatic N) is 3. The molecular formula is C14H19N5O. The number of nitrogens with one attached hydrogen (secondary N) is 2. The lowest BCUT2D eigenvalue weighted by molar-refractivity contribution is -0.115. The van der Waals surface area contributed by atoms with Crippen LogP contribution in [0.25, 0.3) is 11.4 Å². The van der Waals surface area contributed by atoms with Crippen LogP contribution < -0.4 is 10.6 Å². The molecule has 0 spiro atoms. The number of aromatic nitrogens is 3. The van der Waals surface area contributed by atoms with Gasteiger partial charge in [0.15, 0.2) is 5.82 Å². The molecule has 0 saturated carbocycles. The Morgan fingerprint density at radius 1 is 1.40 bits per heavy atom. The summed E-state index contributed by atoms with van der Waals surface area (Å²) < 4.78 is 1.84. The highest BCUT2D eigenvalue weighted by Gasteiger charge is 2.06. The Kier molecular flexibility index (Phi) is 4.84. The Morgan fingerprint density at radius 3 is 2.95 bits per heavy atom. The summed E-state index contributed by atoms with van der Waals surface area (Å²) in [6.45, 7) is 3.23. The van der Waals surface area contributed by atoms with Crippen LogP contribution in [-0.4, -0.2) is 33.8 Å². The van der Waals surface area contributed by atoms with Crippen LogP contribution in [0.5, 0.6) is 0 Å². The molecule has 0 fully saturated rings. The van der Waals surface area contributed by atoms with Gasteiger partial charge in [0.2, 0.25) is 5.91 Å². The molecule has 0 unspecified atom stereocenters. The standard InChI is InChI=1S/C14H19N5O/c1-3-7-15-9-13(20)17-12-6-4-5-11(8-12)14-18-16-10-19(14)2/h4-6,8,10,15H,3,7,9H2,1-2H3,(H,17,20). The fourth-order valence-corrected chi connectivity index (χ4v) is 1.86. The molecule has 2 rings (SSSR count). The number of hydrogen-bond acceptors (Lipinski definition) is 4. The maximum Gasteiger partial charge on any atom is 0.238 e. The summed E-state index contributed by atoms with van der Waals surface area (Å²) in [5.74, 6) is 0.721. The fraction of sp³-hybridized carbons (Fsp3) is 0.357. The van der Waals surface area contributed by atoms with Crippen molar-refractivity contribution in [1.29, 1.82) is 0 Å². The van der Waals surface area contributed by atoms with E-state index in [-0.39, 0.29) is 5.91 Å². The van der Waals surface area contributed by atoms with Crippen LogP contribution in [0.4, 0.5) is 5.69 Å². The minimum absolute atomic E-state index is 0.0476. The van der Waals surface area contributed by atoms with E-state index in [0.717, 1.165) is 30.0 Å². The molecule has 1 heterocycles. The van der Waals surface area contributed by atoms with Crippen LogP contribution in [-0.2, 0) is 11.8 Å². The number of carbonyl (C=O) groups is 1. The highest BCUT2D eigenvalue weighted by Crippen LogP contribution is 2.19. The summed E-state index contributed by atoms with van der Waals surface area (Å²) in [7, 11) is 1.88. The van der Waals surface area contributed by atoms with Crippen molar-refractivity contribution in [3.8, 4) is 11.4 Å². The molecule has 106 valence electrons. The first-order valence-corrected chi connectivity index (χ1v) is 6.65. The zero-order chi connectivity index (χ0) is 14.4. The third-order valence-electron chi connectivity index (χ3n) is 2.83. The van der Waals surface area contributed by atoms with Crippen molar-refractivity contribution in [2.75, 3.05) is 18.4 Å². The second-order valence-electron chi connectivity index (χ2n) is 4.57. The number of carbonyl (C=O) groups excluding carboxylic acids is 1. The summed E-state index contributed by atoms with van der Waals surface area (Å²) in [6, 6.07) is 7.58. The predicted octanol–water partition coefficient (Wildman–Crippen LogP) is 1.42. The van der Waals surface area contributed by atoms with Crippen molar-refractivity contribution in [1.82, 2.24) is 20.1 Å². The second-order valence-corrected chi connectivity index (χ2v) is 4.57. The maximum atomic E-state index is 11.7. The summed E-state index contributed by atoms with van der Waals surface area (Å²) in [5.41, 5.74) is 1.68. The molecule has 20 heavy (non-hydrogen) atoms. The largest absolute Gasteiger partial charge is 0.325 e. The van der Waals surface area contributed by atoms with Gasteiger partial charge in [-0.1, -0.05) is 19.1 Å². The summed E-state index contributed by atoms with van der Waals surface area (Å²) >= 11 is 0. The van der Waals surface area contributed by atoms with Crippen molar-refractivity contribution in [3.05, 3.63) is 30.6 Å². The lowest BCUT2D eigenvalue weighted by Crippen LogP contribution is -2.28. The van der Waals surface area contributed by atoms with Gasteiger partial charge < -0.3 is 15.2 Å². The number of rotatable bonds is 6. The van der Waals surface area contributed by atoms with E-state index in [1.165, 1.54) is 0 Å². The van der Waals surface area contributed by atoms with Crippen LogP contribution in [0.3, 0.4) is 0 Å². The van der Waals surface area contributed by atoms with Crippen LogP contribution in [0.2, 0.25) is 0 Å². The van der Waals surface area contributed by atoms with E-state index in [2.05, 4.69) is 27.8 Å². The normalized spacial score (nSPS) is 10.5. The molecule has 0 radical (unpaired) electrons. The second kappa shape index (κ2) is 6.81. The summed E-state index contributed by atoms with van der Waals surface area (Å²) in [5, 5.41) is 13.8. The molecule has 2 aromatic rings. The monoisotopic (exact) mass is 273 g/mol. The van der Waals surface area contributed by atoms with Crippen molar-refractivity contribution < 1.29 is 4.79 Å². The average molecular weight is 273 g/mol. The molecular weight excluding hydrogens is 254 g/mol. The Balaban J connectivity index is 2.03. The minimum Gasteiger partial charge on any atom is -0.325 e. The quantitative estimate of drug-likeness (QED) is 0.781. The van der Waals surface area contributed by atoms with E-state index in [9.17, 15) is 4.79 Å². The molecule has 6 heteroatoms. The first-order chi connectivity index (χ1) is 9.70. The first kappa shape index (κ1) is 14.2. The molecule has 0 bridgehead atoms. The van der Waals surface area contributed by atoms with Gasteiger partial charge in [-0.2, -0.15) is 0 Å². The number of benzene rings is 1. The molecule has 0 saturated heterocycles. The molecule has 1 aromatic heterocycles. The van der Waals surface area contributed by atoms with Crippen molar-refractivity contribution in [2.24, 2.45) is 7.05 Å². The zero-order valence-electron chi connectivity index (χ0n) is 11.8. The van der Waals surface area contributed by atoms with E-state index in [4.69, 9.17) is 0 Å². The number of hydrogen-bond donors (Lipinski definition) is 2. The van der Waals surface area contributed by atoms with Crippen molar-refractivity contribution in [3.63, 3.8) is 0 Å². The molecule has 1 aromatic carbocycles. The van der Waals surface area contributed by atoms with Crippen LogP contribution in [0.15, 0.2) is 30.6 Å². The van der Waals surface area contributed by atoms with Gasteiger partial charge in [0.25, 0.3) is 0 Å². The van der Waals surface area contributed by atoms with Crippen molar-refractivity contribution >= 4 is 11.6 Å². The van der Waals surface area contributed by atoms with E-state index >= 15 is 0 Å². The van der Waals surface area contributed by atoms with Crippen molar-refractivity contribution in [2.45, 2.75) is 13.3 Å². The Morgan fingerprint density at radius 2 is 2.25 bits per heavy atom. The predicted molar refractivity (Wildman–Crippen MR) is 78.2 cm³/mol. The lowest BCUT2D eigenvalue weighted by atomic mass is 10.2. The van der Waals surface area contributed by atoms with E-state index in [1.54, 1.807) is 6.33 Å². The fourth-order valence-electron chi connectivity index (χ4n) is 1.86. The van der Waals surface area contributed by atoms with Gasteiger partial charge in [-0.05, 0) is 25.1 Å². The van der Waals surface area contributed by atoms with Gasteiger partial charge >= 0.3 is 0 Å². The molecule has 0 aliphatic rings. The number of aryl methyl sites for hydroxylation is 1. The van der Waals surface area contributed by atoms with Crippen LogP contribution in [0.1, 0.15) is 13.3 Å². The molecule has 1 amide bonds. The average Bonchev–Trinajstić information content (AvgIpc) is 2.85. The van der Waals surface area contributed by atoms with E-state index < -0.39 is 0 Å².